The molecule has 6 heteroatoms. The van der Waals surface area contributed by atoms with E-state index in [2.05, 4.69) is 0 Å². The number of carbonyl (C=O) groups is 1. The molecule has 3 nitrogen and oxygen atoms in total. The Balaban J connectivity index is 2.21. The molecule has 2 rings (SSSR count). The molecule has 20 heavy (non-hydrogen) atoms. The van der Waals surface area contributed by atoms with Crippen molar-refractivity contribution in [2.75, 3.05) is 0 Å². The Morgan fingerprint density at radius 1 is 1.30 bits per heavy atom. The Morgan fingerprint density at radius 2 is 2.05 bits per heavy atom. The smallest absolute Gasteiger partial charge is 0.252 e. The minimum atomic E-state index is -0.771. The fourth-order valence-electron chi connectivity index (χ4n) is 1.64. The monoisotopic (exact) mass is 295 g/mol. The number of hydrogen-bond donors (Lipinski definition) is 0. The number of hydrogen-bond acceptors (Lipinski definition) is 3. The highest BCUT2D eigenvalue weighted by Crippen LogP contribution is 2.24. The summed E-state index contributed by atoms with van der Waals surface area (Å²) in [5.74, 6) is -2.01. The molecular formula is C14H11F2NO2S. The van der Waals surface area contributed by atoms with Crippen LogP contribution in [0.2, 0.25) is 0 Å². The maximum Gasteiger partial charge on any atom is 0.252 e. The molecule has 0 unspecified atom stereocenters. The van der Waals surface area contributed by atoms with Crippen LogP contribution in [0.1, 0.15) is 17.3 Å². The Morgan fingerprint density at radius 3 is 2.75 bits per heavy atom. The Hall–Kier alpha value is -1.95. The summed E-state index contributed by atoms with van der Waals surface area (Å²) in [4.78, 5) is 12.1. The fraction of sp³-hybridized carbons (Fsp3) is 0.143. The first-order valence-electron chi connectivity index (χ1n) is 5.83. The minimum absolute atomic E-state index is 0.307. The normalized spacial score (nSPS) is 12.2. The summed E-state index contributed by atoms with van der Waals surface area (Å²) in [5, 5.41) is 11.1. The lowest BCUT2D eigenvalue weighted by atomic mass is 10.1. The van der Waals surface area contributed by atoms with Crippen molar-refractivity contribution in [1.29, 1.82) is 0 Å². The lowest BCUT2D eigenvalue weighted by Gasteiger charge is -2.10. The van der Waals surface area contributed by atoms with Crippen molar-refractivity contribution in [3.8, 4) is 0 Å². The third-order valence-corrected chi connectivity index (χ3v) is 3.77. The Labute approximate surface area is 118 Å². The standard InChI is InChI=1S/C14H11F2NO2S/c1-9(20-13-4-2-3-7-17(13)19)14(18)11-8-10(15)5-6-12(11)16/h2-9H,1H3/t9-/m0/s1. The maximum atomic E-state index is 13.5. The van der Waals surface area contributed by atoms with Crippen molar-refractivity contribution >= 4 is 17.5 Å². The molecule has 0 saturated heterocycles. The lowest BCUT2D eigenvalue weighted by molar-refractivity contribution is -0.645. The van der Waals surface area contributed by atoms with Crippen LogP contribution in [0.15, 0.2) is 47.6 Å². The predicted octanol–water partition coefficient (Wildman–Crippen LogP) is 2.96. The van der Waals surface area contributed by atoms with E-state index in [-0.39, 0.29) is 5.56 Å². The molecule has 104 valence electrons. The van der Waals surface area contributed by atoms with Crippen LogP contribution in [-0.4, -0.2) is 11.0 Å². The van der Waals surface area contributed by atoms with Crippen LogP contribution >= 0.6 is 11.8 Å². The van der Waals surface area contributed by atoms with E-state index in [0.29, 0.717) is 9.76 Å². The van der Waals surface area contributed by atoms with Gasteiger partial charge in [-0.3, -0.25) is 4.79 Å². The number of halogens is 2. The summed E-state index contributed by atoms with van der Waals surface area (Å²) < 4.78 is 27.2. The van der Waals surface area contributed by atoms with Gasteiger partial charge >= 0.3 is 0 Å². The Bertz CT molecular complexity index is 649. The quantitative estimate of drug-likeness (QED) is 0.377. The van der Waals surface area contributed by atoms with E-state index in [1.807, 2.05) is 0 Å². The van der Waals surface area contributed by atoms with Gasteiger partial charge in [-0.1, -0.05) is 0 Å². The summed E-state index contributed by atoms with van der Waals surface area (Å²) in [6.45, 7) is 1.55. The number of ketones is 1. The number of pyridine rings is 1. The van der Waals surface area contributed by atoms with Crippen molar-refractivity contribution in [2.45, 2.75) is 17.2 Å². The van der Waals surface area contributed by atoms with Gasteiger partial charge in [-0.05, 0) is 43.0 Å². The largest absolute Gasteiger partial charge is 0.618 e. The zero-order chi connectivity index (χ0) is 14.7. The molecule has 0 amide bonds. The van der Waals surface area contributed by atoms with Crippen molar-refractivity contribution in [2.24, 2.45) is 0 Å². The van der Waals surface area contributed by atoms with Crippen LogP contribution in [0.3, 0.4) is 0 Å². The molecule has 0 radical (unpaired) electrons. The van der Waals surface area contributed by atoms with Gasteiger partial charge in [0.15, 0.2) is 12.0 Å². The average molecular weight is 295 g/mol. The minimum Gasteiger partial charge on any atom is -0.618 e. The van der Waals surface area contributed by atoms with Gasteiger partial charge in [-0.25, -0.2) is 8.78 Å². The molecule has 1 aromatic carbocycles. The average Bonchev–Trinajstić information content (AvgIpc) is 2.43. The van der Waals surface area contributed by atoms with Crippen LogP contribution in [0.4, 0.5) is 8.78 Å². The van der Waals surface area contributed by atoms with Gasteiger partial charge in [-0.2, -0.15) is 4.73 Å². The summed E-state index contributed by atoms with van der Waals surface area (Å²) in [6, 6.07) is 7.52. The van der Waals surface area contributed by atoms with Crippen LogP contribution in [0.5, 0.6) is 0 Å². The van der Waals surface area contributed by atoms with Gasteiger partial charge in [0.05, 0.1) is 10.8 Å². The van der Waals surface area contributed by atoms with Crippen LogP contribution in [-0.2, 0) is 0 Å². The van der Waals surface area contributed by atoms with Gasteiger partial charge in [0.25, 0.3) is 5.03 Å². The highest BCUT2D eigenvalue weighted by molar-refractivity contribution is 8.00. The van der Waals surface area contributed by atoms with E-state index in [9.17, 15) is 18.8 Å². The molecule has 0 spiro atoms. The maximum absolute atomic E-state index is 13.5. The molecule has 0 saturated carbocycles. The number of aromatic nitrogens is 1. The van der Waals surface area contributed by atoms with E-state index in [4.69, 9.17) is 0 Å². The second-order valence-corrected chi connectivity index (χ2v) is 5.47. The summed E-state index contributed by atoms with van der Waals surface area (Å²) in [6.07, 6.45) is 1.31. The van der Waals surface area contributed by atoms with Gasteiger partial charge < -0.3 is 5.21 Å². The third-order valence-electron chi connectivity index (χ3n) is 2.65. The summed E-state index contributed by atoms with van der Waals surface area (Å²) in [5.41, 5.74) is -0.307. The SMILES string of the molecule is C[C@H](Sc1cccc[n+]1[O-])C(=O)c1cc(F)ccc1F. The molecule has 2 aromatic rings. The first-order valence-corrected chi connectivity index (χ1v) is 6.71. The molecule has 0 aliphatic heterocycles. The van der Waals surface area contributed by atoms with Gasteiger partial charge in [0, 0.05) is 12.1 Å². The fourth-order valence-corrected chi connectivity index (χ4v) is 2.56. The first-order chi connectivity index (χ1) is 9.49. The van der Waals surface area contributed by atoms with E-state index in [1.165, 1.54) is 6.20 Å². The van der Waals surface area contributed by atoms with Crippen molar-refractivity contribution in [3.63, 3.8) is 0 Å². The molecular weight excluding hydrogens is 284 g/mol. The van der Waals surface area contributed by atoms with Crippen LogP contribution in [0.25, 0.3) is 0 Å². The number of nitrogens with zero attached hydrogens (tertiary/aromatic N) is 1. The van der Waals surface area contributed by atoms with Gasteiger partial charge in [-0.15, -0.1) is 0 Å². The molecule has 0 aliphatic rings. The number of rotatable bonds is 4. The zero-order valence-electron chi connectivity index (χ0n) is 10.5. The zero-order valence-corrected chi connectivity index (χ0v) is 11.4. The van der Waals surface area contributed by atoms with E-state index in [1.54, 1.807) is 25.1 Å². The van der Waals surface area contributed by atoms with Crippen LogP contribution < -0.4 is 4.73 Å². The second-order valence-electron chi connectivity index (χ2n) is 4.11. The van der Waals surface area contributed by atoms with Crippen molar-refractivity contribution < 1.29 is 18.3 Å². The molecule has 0 bridgehead atoms. The highest BCUT2D eigenvalue weighted by Gasteiger charge is 2.23. The highest BCUT2D eigenvalue weighted by atomic mass is 32.2. The number of benzene rings is 1. The predicted molar refractivity (Wildman–Crippen MR) is 71.4 cm³/mol. The van der Waals surface area contributed by atoms with Crippen molar-refractivity contribution in [3.05, 3.63) is 65.0 Å². The lowest BCUT2D eigenvalue weighted by Crippen LogP contribution is -2.29. The second kappa shape index (κ2) is 6.00. The summed E-state index contributed by atoms with van der Waals surface area (Å²) in [7, 11) is 0. The van der Waals surface area contributed by atoms with Crippen LogP contribution in [0, 0.1) is 16.8 Å². The summed E-state index contributed by atoms with van der Waals surface area (Å²) >= 11 is 0.999. The molecule has 1 atom stereocenters. The van der Waals surface area contributed by atoms with Crippen molar-refractivity contribution in [1.82, 2.24) is 0 Å². The molecule has 0 N–H and O–H groups in total. The molecule has 0 fully saturated rings. The molecule has 1 aromatic heterocycles. The first kappa shape index (κ1) is 14.5. The van der Waals surface area contributed by atoms with E-state index < -0.39 is 22.7 Å². The third kappa shape index (κ3) is 3.14. The van der Waals surface area contributed by atoms with Gasteiger partial charge in [0.2, 0.25) is 0 Å². The van der Waals surface area contributed by atoms with E-state index >= 15 is 0 Å². The molecule has 0 aliphatic carbocycles. The number of carbonyl (C=O) groups excluding carboxylic acids is 1. The van der Waals surface area contributed by atoms with Gasteiger partial charge in [0.1, 0.15) is 11.6 Å². The molecule has 1 heterocycles. The number of thioether (sulfide) groups is 1. The Kier molecular flexibility index (Phi) is 4.34. The number of Topliss-reactive ketones (excluding diaryl/α,β-unsaturated/α-hetero) is 1. The topological polar surface area (TPSA) is 44.0 Å². The van der Waals surface area contributed by atoms with E-state index in [0.717, 1.165) is 30.0 Å².